The molecule has 0 amide bonds. The first kappa shape index (κ1) is 25.9. The van der Waals surface area contributed by atoms with Crippen LogP contribution < -0.4 is 0 Å². The average molecular weight is 438 g/mol. The van der Waals surface area contributed by atoms with Crippen LogP contribution in [0.3, 0.4) is 0 Å². The zero-order chi connectivity index (χ0) is 22.3. The fraction of sp³-hybridized carbons (Fsp3) is 1.00. The molecule has 2 aliphatic heterocycles. The van der Waals surface area contributed by atoms with E-state index in [2.05, 4.69) is 6.92 Å². The average Bonchev–Trinajstić information content (AvgIpc) is 2.75. The number of aliphatic hydroxyl groups is 6. The molecule has 2 saturated heterocycles. The van der Waals surface area contributed by atoms with Crippen LogP contribution in [0.2, 0.25) is 0 Å². The molecule has 10 nitrogen and oxygen atoms in total. The minimum Gasteiger partial charge on any atom is -0.395 e. The molecule has 0 radical (unpaired) electrons. The molecule has 0 aromatic rings. The maximum Gasteiger partial charge on any atom is 0.187 e. The van der Waals surface area contributed by atoms with Crippen LogP contribution in [0.5, 0.6) is 0 Å². The smallest absolute Gasteiger partial charge is 0.187 e. The van der Waals surface area contributed by atoms with Crippen molar-refractivity contribution in [1.82, 2.24) is 4.90 Å². The summed E-state index contributed by atoms with van der Waals surface area (Å²) in [7, 11) is 0. The molecule has 10 heteroatoms. The van der Waals surface area contributed by atoms with Crippen molar-refractivity contribution in [3.8, 4) is 0 Å². The van der Waals surface area contributed by atoms with Crippen LogP contribution >= 0.6 is 0 Å². The molecule has 178 valence electrons. The van der Waals surface area contributed by atoms with E-state index in [9.17, 15) is 30.6 Å². The second kappa shape index (κ2) is 12.6. The number of nitrogens with zero attached hydrogens (tertiary/aromatic N) is 1. The highest BCUT2D eigenvalue weighted by Crippen LogP contribution is 2.29. The highest BCUT2D eigenvalue weighted by atomic mass is 16.7. The molecule has 0 aromatic carbocycles. The van der Waals surface area contributed by atoms with E-state index >= 15 is 0 Å². The first-order chi connectivity index (χ1) is 14.4. The summed E-state index contributed by atoms with van der Waals surface area (Å²) in [5.41, 5.74) is 0. The third-order valence-corrected chi connectivity index (χ3v) is 5.94. The predicted molar refractivity (Wildman–Crippen MR) is 107 cm³/mol. The van der Waals surface area contributed by atoms with Crippen LogP contribution in [0, 0.1) is 0 Å². The van der Waals surface area contributed by atoms with Crippen molar-refractivity contribution in [2.75, 3.05) is 32.9 Å². The van der Waals surface area contributed by atoms with Gasteiger partial charge in [-0.3, -0.25) is 4.90 Å². The van der Waals surface area contributed by atoms with Crippen LogP contribution in [0.1, 0.15) is 39.5 Å². The van der Waals surface area contributed by atoms with E-state index in [1.807, 2.05) is 11.8 Å². The van der Waals surface area contributed by atoms with Crippen molar-refractivity contribution in [2.24, 2.45) is 0 Å². The first-order valence-electron chi connectivity index (χ1n) is 11.0. The highest BCUT2D eigenvalue weighted by molar-refractivity contribution is 4.98. The van der Waals surface area contributed by atoms with E-state index in [0.29, 0.717) is 19.7 Å². The molecule has 0 saturated carbocycles. The van der Waals surface area contributed by atoms with Gasteiger partial charge in [0, 0.05) is 13.2 Å². The quantitative estimate of drug-likeness (QED) is 0.204. The van der Waals surface area contributed by atoms with Crippen molar-refractivity contribution < 1.29 is 44.8 Å². The lowest BCUT2D eigenvalue weighted by molar-refractivity contribution is -0.329. The van der Waals surface area contributed by atoms with Crippen LogP contribution in [0.25, 0.3) is 0 Å². The summed E-state index contributed by atoms with van der Waals surface area (Å²) >= 11 is 0. The lowest BCUT2D eigenvalue weighted by Crippen LogP contribution is -2.67. The van der Waals surface area contributed by atoms with Gasteiger partial charge in [-0.2, -0.15) is 0 Å². The first-order valence-corrected chi connectivity index (χ1v) is 11.0. The molecule has 0 unspecified atom stereocenters. The Balaban J connectivity index is 2.18. The fourth-order valence-electron chi connectivity index (χ4n) is 4.00. The summed E-state index contributed by atoms with van der Waals surface area (Å²) < 4.78 is 17.2. The minimum atomic E-state index is -1.58. The molecule has 0 spiro atoms. The number of likely N-dealkylation sites (tertiary alicyclic amines) is 1. The molecule has 9 atom stereocenters. The van der Waals surface area contributed by atoms with E-state index in [1.165, 1.54) is 0 Å². The van der Waals surface area contributed by atoms with Crippen molar-refractivity contribution >= 4 is 0 Å². The Morgan fingerprint density at radius 2 is 1.60 bits per heavy atom. The zero-order valence-corrected chi connectivity index (χ0v) is 17.9. The predicted octanol–water partition coefficient (Wildman–Crippen LogP) is -1.81. The molecule has 2 heterocycles. The molecule has 0 aliphatic carbocycles. The lowest BCUT2D eigenvalue weighted by Gasteiger charge is -2.49. The Hall–Kier alpha value is -0.400. The Kier molecular flexibility index (Phi) is 10.9. The third kappa shape index (κ3) is 6.10. The molecule has 2 rings (SSSR count). The summed E-state index contributed by atoms with van der Waals surface area (Å²) in [5, 5.41) is 60.7. The number of rotatable bonds is 11. The summed E-state index contributed by atoms with van der Waals surface area (Å²) in [4.78, 5) is 2.00. The minimum absolute atomic E-state index is 0.287. The zero-order valence-electron chi connectivity index (χ0n) is 17.9. The van der Waals surface area contributed by atoms with Gasteiger partial charge in [-0.1, -0.05) is 26.7 Å². The molecule has 30 heavy (non-hydrogen) atoms. The monoisotopic (exact) mass is 437 g/mol. The normalized spacial score (nSPS) is 40.6. The number of hydrogen-bond acceptors (Lipinski definition) is 10. The van der Waals surface area contributed by atoms with E-state index in [1.54, 1.807) is 0 Å². The van der Waals surface area contributed by atoms with Gasteiger partial charge in [0.1, 0.15) is 36.6 Å². The molecular weight excluding hydrogens is 398 g/mol. The molecule has 6 N–H and O–H groups in total. The van der Waals surface area contributed by atoms with E-state index in [0.717, 1.165) is 25.7 Å². The Labute approximate surface area is 178 Å². The molecular formula is C20H39NO9. The van der Waals surface area contributed by atoms with Gasteiger partial charge in [0.05, 0.1) is 25.4 Å². The molecule has 0 aromatic heterocycles. The van der Waals surface area contributed by atoms with Crippen molar-refractivity contribution in [3.05, 3.63) is 0 Å². The molecule has 0 bridgehead atoms. The summed E-state index contributed by atoms with van der Waals surface area (Å²) in [6.07, 6.45) is -6.14. The van der Waals surface area contributed by atoms with E-state index in [-0.39, 0.29) is 6.61 Å². The Morgan fingerprint density at radius 3 is 2.20 bits per heavy atom. The van der Waals surface area contributed by atoms with Gasteiger partial charge in [-0.05, 0) is 19.4 Å². The fourth-order valence-corrected chi connectivity index (χ4v) is 4.00. The summed E-state index contributed by atoms with van der Waals surface area (Å²) in [5.74, 6) is 0. The van der Waals surface area contributed by atoms with Gasteiger partial charge < -0.3 is 44.8 Å². The Morgan fingerprint density at radius 1 is 0.900 bits per heavy atom. The lowest BCUT2D eigenvalue weighted by atomic mass is 9.92. The topological polar surface area (TPSA) is 152 Å². The Bertz CT molecular complexity index is 483. The van der Waals surface area contributed by atoms with E-state index in [4.69, 9.17) is 14.2 Å². The van der Waals surface area contributed by atoms with Gasteiger partial charge in [0.15, 0.2) is 6.29 Å². The van der Waals surface area contributed by atoms with Crippen molar-refractivity contribution in [2.45, 2.75) is 94.6 Å². The summed E-state index contributed by atoms with van der Waals surface area (Å²) in [6, 6.07) is -0.565. The van der Waals surface area contributed by atoms with Crippen LogP contribution in [0.4, 0.5) is 0 Å². The van der Waals surface area contributed by atoms with Gasteiger partial charge in [0.2, 0.25) is 0 Å². The van der Waals surface area contributed by atoms with Crippen LogP contribution in [-0.4, -0.2) is 124 Å². The van der Waals surface area contributed by atoms with Crippen LogP contribution in [-0.2, 0) is 14.2 Å². The maximum atomic E-state index is 10.9. The van der Waals surface area contributed by atoms with Gasteiger partial charge in [-0.15, -0.1) is 0 Å². The van der Waals surface area contributed by atoms with Crippen LogP contribution in [0.15, 0.2) is 0 Å². The SMILES string of the molecule is CCCCO[C@H]1CN(CCCC)[C@H](CO)[C@@H](O[C@@H]2O[C@H](CO)[C@@H](O)[C@H](O)[C@H]2O)[C@@H]1O. The highest BCUT2D eigenvalue weighted by Gasteiger charge is 2.49. The second-order valence-corrected chi connectivity index (χ2v) is 8.15. The molecule has 2 aliphatic rings. The van der Waals surface area contributed by atoms with Gasteiger partial charge in [0.25, 0.3) is 0 Å². The number of unbranched alkanes of at least 4 members (excludes halogenated alkanes) is 2. The number of piperidine rings is 1. The number of hydrogen-bond donors (Lipinski definition) is 6. The van der Waals surface area contributed by atoms with Crippen molar-refractivity contribution in [1.29, 1.82) is 0 Å². The van der Waals surface area contributed by atoms with Gasteiger partial charge in [-0.25, -0.2) is 0 Å². The standard InChI is InChI=1S/C20H39NO9/c1-3-5-7-21-9-13(28-8-6-4-2)16(25)19(12(21)10-22)30-20-18(27)17(26)15(24)14(11-23)29-20/h12-20,22-27H,3-11H2,1-2H3/t12-,13+,14-,15-,16-,17+,18-,19-,20+/m1/s1. The second-order valence-electron chi connectivity index (χ2n) is 8.15. The largest absolute Gasteiger partial charge is 0.395 e. The summed E-state index contributed by atoms with van der Waals surface area (Å²) in [6.45, 7) is 4.83. The third-order valence-electron chi connectivity index (χ3n) is 5.94. The molecule has 2 fully saturated rings. The number of aliphatic hydroxyl groups excluding tert-OH is 6. The number of ether oxygens (including phenoxy) is 3. The maximum absolute atomic E-state index is 10.9. The van der Waals surface area contributed by atoms with Gasteiger partial charge >= 0.3 is 0 Å². The van der Waals surface area contributed by atoms with Crippen molar-refractivity contribution in [3.63, 3.8) is 0 Å². The van der Waals surface area contributed by atoms with E-state index < -0.39 is 61.7 Å².